The number of rotatable bonds is 1. The smallest absolute Gasteiger partial charge is 0.171 e. The average Bonchev–Trinajstić information content (AvgIpc) is 2.44. The Balaban J connectivity index is 2.51. The predicted octanol–water partition coefficient (Wildman–Crippen LogP) is 1.60. The van der Waals surface area contributed by atoms with Gasteiger partial charge < -0.3 is 4.57 Å². The third-order valence-electron chi connectivity index (χ3n) is 1.81. The van der Waals surface area contributed by atoms with Gasteiger partial charge in [-0.2, -0.15) is 11.8 Å². The lowest BCUT2D eigenvalue weighted by Gasteiger charge is -2.13. The maximum absolute atomic E-state index is 10.5. The standard InChI is InChI=1S/C7H7ClN2OS/c8-7-5(3-11)9-6-4-12-2-1-10(6)7/h3H,1-2,4H2. The van der Waals surface area contributed by atoms with Gasteiger partial charge in [-0.15, -0.1) is 0 Å². The zero-order valence-corrected chi connectivity index (χ0v) is 7.86. The molecule has 0 N–H and O–H groups in total. The number of carbonyl (C=O) groups excluding carboxylic acids is 1. The topological polar surface area (TPSA) is 34.9 Å². The van der Waals surface area contributed by atoms with Crippen LogP contribution in [0.5, 0.6) is 0 Å². The molecule has 1 aromatic rings. The average molecular weight is 203 g/mol. The molecule has 2 heterocycles. The Hall–Kier alpha value is -0.480. The van der Waals surface area contributed by atoms with Crippen LogP contribution in [0.4, 0.5) is 0 Å². The summed E-state index contributed by atoms with van der Waals surface area (Å²) in [7, 11) is 0. The Morgan fingerprint density at radius 3 is 3.17 bits per heavy atom. The fraction of sp³-hybridized carbons (Fsp3) is 0.429. The highest BCUT2D eigenvalue weighted by Gasteiger charge is 2.17. The number of imidazole rings is 1. The lowest BCUT2D eigenvalue weighted by molar-refractivity contribution is 0.111. The van der Waals surface area contributed by atoms with Crippen molar-refractivity contribution >= 4 is 29.6 Å². The molecule has 1 aromatic heterocycles. The van der Waals surface area contributed by atoms with Crippen LogP contribution in [-0.2, 0) is 12.3 Å². The zero-order chi connectivity index (χ0) is 8.55. The van der Waals surface area contributed by atoms with Gasteiger partial charge in [-0.25, -0.2) is 4.98 Å². The molecular formula is C7H7ClN2OS. The molecule has 3 nitrogen and oxygen atoms in total. The third-order valence-corrected chi connectivity index (χ3v) is 3.14. The molecule has 0 fully saturated rings. The molecule has 0 unspecified atom stereocenters. The fourth-order valence-corrected chi connectivity index (χ4v) is 2.36. The Bertz CT molecular complexity index is 323. The van der Waals surface area contributed by atoms with E-state index in [1.54, 1.807) is 0 Å². The largest absolute Gasteiger partial charge is 0.317 e. The molecule has 0 atom stereocenters. The summed E-state index contributed by atoms with van der Waals surface area (Å²) in [6.45, 7) is 0.861. The Morgan fingerprint density at radius 2 is 2.50 bits per heavy atom. The van der Waals surface area contributed by atoms with Gasteiger partial charge in [0.15, 0.2) is 6.29 Å². The normalized spacial score (nSPS) is 15.8. The molecule has 12 heavy (non-hydrogen) atoms. The first-order chi connectivity index (χ1) is 5.83. The van der Waals surface area contributed by atoms with Crippen molar-refractivity contribution in [3.05, 3.63) is 16.7 Å². The Kier molecular flexibility index (Phi) is 2.11. The maximum Gasteiger partial charge on any atom is 0.171 e. The number of aldehydes is 1. The van der Waals surface area contributed by atoms with Gasteiger partial charge in [0.1, 0.15) is 16.7 Å². The molecular weight excluding hydrogens is 196 g/mol. The van der Waals surface area contributed by atoms with Crippen molar-refractivity contribution in [1.82, 2.24) is 9.55 Å². The van der Waals surface area contributed by atoms with Gasteiger partial charge in [0.05, 0.1) is 5.75 Å². The molecule has 0 spiro atoms. The second kappa shape index (κ2) is 3.11. The van der Waals surface area contributed by atoms with Gasteiger partial charge in [-0.1, -0.05) is 11.6 Å². The van der Waals surface area contributed by atoms with E-state index in [1.165, 1.54) is 0 Å². The molecule has 0 saturated heterocycles. The van der Waals surface area contributed by atoms with Crippen LogP contribution in [-0.4, -0.2) is 21.6 Å². The minimum atomic E-state index is 0.370. The van der Waals surface area contributed by atoms with Gasteiger partial charge in [0, 0.05) is 12.3 Å². The van der Waals surface area contributed by atoms with Crippen LogP contribution in [0.1, 0.15) is 16.3 Å². The van der Waals surface area contributed by atoms with Crippen LogP contribution in [0.25, 0.3) is 0 Å². The van der Waals surface area contributed by atoms with Crippen LogP contribution >= 0.6 is 23.4 Å². The van der Waals surface area contributed by atoms with Crippen molar-refractivity contribution in [1.29, 1.82) is 0 Å². The minimum absolute atomic E-state index is 0.370. The molecule has 1 aliphatic rings. The van der Waals surface area contributed by atoms with Crippen molar-refractivity contribution in [3.8, 4) is 0 Å². The van der Waals surface area contributed by atoms with E-state index >= 15 is 0 Å². The lowest BCUT2D eigenvalue weighted by atomic mass is 10.5. The van der Waals surface area contributed by atoms with E-state index in [-0.39, 0.29) is 0 Å². The summed E-state index contributed by atoms with van der Waals surface area (Å²) in [4.78, 5) is 14.6. The minimum Gasteiger partial charge on any atom is -0.317 e. The molecule has 2 rings (SSSR count). The molecule has 0 radical (unpaired) electrons. The summed E-state index contributed by atoms with van der Waals surface area (Å²) in [5, 5.41) is 0.486. The van der Waals surface area contributed by atoms with Gasteiger partial charge in [-0.3, -0.25) is 4.79 Å². The quantitative estimate of drug-likeness (QED) is 0.649. The molecule has 64 valence electrons. The van der Waals surface area contributed by atoms with Crippen LogP contribution in [0.15, 0.2) is 0 Å². The molecule has 1 aliphatic heterocycles. The van der Waals surface area contributed by atoms with E-state index in [0.717, 1.165) is 23.9 Å². The van der Waals surface area contributed by atoms with Crippen molar-refractivity contribution in [2.75, 3.05) is 5.75 Å². The number of carbonyl (C=O) groups is 1. The van der Waals surface area contributed by atoms with E-state index in [2.05, 4.69) is 4.98 Å². The summed E-state index contributed by atoms with van der Waals surface area (Å²) in [6.07, 6.45) is 0.707. The van der Waals surface area contributed by atoms with Crippen molar-refractivity contribution in [3.63, 3.8) is 0 Å². The monoisotopic (exact) mass is 202 g/mol. The summed E-state index contributed by atoms with van der Waals surface area (Å²) in [5.41, 5.74) is 0.370. The second-order valence-corrected chi connectivity index (χ2v) is 3.99. The number of hydrogen-bond acceptors (Lipinski definition) is 3. The van der Waals surface area contributed by atoms with E-state index in [4.69, 9.17) is 11.6 Å². The number of thioether (sulfide) groups is 1. The highest BCUT2D eigenvalue weighted by molar-refractivity contribution is 7.98. The number of aromatic nitrogens is 2. The summed E-state index contributed by atoms with van der Waals surface area (Å²) in [6, 6.07) is 0. The summed E-state index contributed by atoms with van der Waals surface area (Å²) < 4.78 is 1.90. The highest BCUT2D eigenvalue weighted by Crippen LogP contribution is 2.24. The maximum atomic E-state index is 10.5. The van der Waals surface area contributed by atoms with Crippen LogP contribution in [0.2, 0.25) is 5.15 Å². The van der Waals surface area contributed by atoms with Crippen molar-refractivity contribution in [2.45, 2.75) is 12.3 Å². The van der Waals surface area contributed by atoms with Gasteiger partial charge in [-0.05, 0) is 0 Å². The molecule has 0 amide bonds. The Labute approximate surface area is 79.1 Å². The van der Waals surface area contributed by atoms with Gasteiger partial charge in [0.2, 0.25) is 0 Å². The predicted molar refractivity (Wildman–Crippen MR) is 48.8 cm³/mol. The molecule has 0 aliphatic carbocycles. The number of halogens is 1. The molecule has 5 heteroatoms. The van der Waals surface area contributed by atoms with Gasteiger partial charge in [0.25, 0.3) is 0 Å². The summed E-state index contributed by atoms with van der Waals surface area (Å²) in [5.74, 6) is 2.81. The first-order valence-electron chi connectivity index (χ1n) is 3.60. The highest BCUT2D eigenvalue weighted by atomic mass is 35.5. The third kappa shape index (κ3) is 1.15. The van der Waals surface area contributed by atoms with E-state index in [9.17, 15) is 4.79 Å². The SMILES string of the molecule is O=Cc1nc2n(c1Cl)CCSC2. The van der Waals surface area contributed by atoms with Crippen molar-refractivity contribution < 1.29 is 4.79 Å². The lowest BCUT2D eigenvalue weighted by Crippen LogP contribution is -2.10. The molecule has 0 bridgehead atoms. The first kappa shape index (κ1) is 8.13. The second-order valence-electron chi connectivity index (χ2n) is 2.53. The summed E-state index contributed by atoms with van der Waals surface area (Å²) >= 11 is 7.71. The number of nitrogens with zero attached hydrogens (tertiary/aromatic N) is 2. The van der Waals surface area contributed by atoms with Crippen LogP contribution in [0, 0.1) is 0 Å². The van der Waals surface area contributed by atoms with E-state index in [1.807, 2.05) is 16.3 Å². The molecule has 0 aromatic carbocycles. The number of fused-ring (bicyclic) bond motifs is 1. The molecule has 0 saturated carbocycles. The van der Waals surface area contributed by atoms with Crippen LogP contribution in [0.3, 0.4) is 0 Å². The number of hydrogen-bond donors (Lipinski definition) is 0. The zero-order valence-electron chi connectivity index (χ0n) is 6.29. The Morgan fingerprint density at radius 1 is 1.67 bits per heavy atom. The van der Waals surface area contributed by atoms with Crippen LogP contribution < -0.4 is 0 Å². The first-order valence-corrected chi connectivity index (χ1v) is 5.14. The van der Waals surface area contributed by atoms with Gasteiger partial charge >= 0.3 is 0 Å². The van der Waals surface area contributed by atoms with Crippen molar-refractivity contribution in [2.24, 2.45) is 0 Å². The fourth-order valence-electron chi connectivity index (χ4n) is 1.23. The van der Waals surface area contributed by atoms with E-state index in [0.29, 0.717) is 17.1 Å². The van der Waals surface area contributed by atoms with E-state index < -0.39 is 0 Å².